The van der Waals surface area contributed by atoms with Gasteiger partial charge in [0.15, 0.2) is 0 Å². The first-order valence-electron chi connectivity index (χ1n) is 7.03. The highest BCUT2D eigenvalue weighted by Crippen LogP contribution is 2.22. The minimum absolute atomic E-state index is 0.217. The summed E-state index contributed by atoms with van der Waals surface area (Å²) in [7, 11) is 0. The molecule has 1 heterocycles. The molecule has 10 heteroatoms. The normalized spacial score (nSPS) is 12.5. The molecule has 1 aromatic rings. The molecular weight excluding hydrogens is 331 g/mol. The quantitative estimate of drug-likeness (QED) is 0.589. The van der Waals surface area contributed by atoms with Gasteiger partial charge < -0.3 is 20.5 Å². The third-order valence-corrected chi connectivity index (χ3v) is 2.83. The van der Waals surface area contributed by atoms with Crippen LogP contribution in [0.25, 0.3) is 0 Å². The predicted molar refractivity (Wildman–Crippen MR) is 76.6 cm³/mol. The minimum atomic E-state index is -4.67. The molecule has 1 rings (SSSR count). The first kappa shape index (κ1) is 19.8. The number of rotatable bonds is 9. The third kappa shape index (κ3) is 7.88. The first-order valence-corrected chi connectivity index (χ1v) is 7.03. The van der Waals surface area contributed by atoms with Crippen LogP contribution in [0.4, 0.5) is 13.2 Å². The van der Waals surface area contributed by atoms with E-state index >= 15 is 0 Å². The molecule has 2 amide bonds. The fourth-order valence-corrected chi connectivity index (χ4v) is 1.67. The molecule has 1 atom stereocenters. The lowest BCUT2D eigenvalue weighted by molar-refractivity contribution is -0.165. The second-order valence-electron chi connectivity index (χ2n) is 4.80. The van der Waals surface area contributed by atoms with Gasteiger partial charge in [0.1, 0.15) is 19.3 Å². The lowest BCUT2D eigenvalue weighted by Crippen LogP contribution is -2.47. The number of amides is 2. The molecule has 0 aliphatic heterocycles. The van der Waals surface area contributed by atoms with Crippen molar-refractivity contribution in [2.75, 3.05) is 19.8 Å². The van der Waals surface area contributed by atoms with Crippen molar-refractivity contribution in [3.05, 3.63) is 30.1 Å². The van der Waals surface area contributed by atoms with Crippen molar-refractivity contribution >= 4 is 11.8 Å². The molecule has 3 N–H and O–H groups in total. The molecule has 0 spiro atoms. The van der Waals surface area contributed by atoms with E-state index in [2.05, 4.69) is 10.3 Å². The lowest BCUT2D eigenvalue weighted by atomic mass is 10.2. The SMILES string of the molecule is O=C(COCC(=O)NC(CCO)C(F)(F)F)NCc1cccnc1. The van der Waals surface area contributed by atoms with E-state index in [1.807, 2.05) is 0 Å². The molecule has 0 bridgehead atoms. The van der Waals surface area contributed by atoms with Crippen LogP contribution in [0.1, 0.15) is 12.0 Å². The van der Waals surface area contributed by atoms with Gasteiger partial charge in [-0.15, -0.1) is 0 Å². The van der Waals surface area contributed by atoms with Gasteiger partial charge in [0.05, 0.1) is 0 Å². The fraction of sp³-hybridized carbons (Fsp3) is 0.500. The van der Waals surface area contributed by atoms with E-state index in [4.69, 9.17) is 9.84 Å². The largest absolute Gasteiger partial charge is 0.408 e. The third-order valence-electron chi connectivity index (χ3n) is 2.83. The number of aliphatic hydroxyl groups is 1. The van der Waals surface area contributed by atoms with Crippen LogP contribution < -0.4 is 10.6 Å². The average molecular weight is 349 g/mol. The van der Waals surface area contributed by atoms with Crippen molar-refractivity contribution in [2.45, 2.75) is 25.2 Å². The number of halogens is 3. The van der Waals surface area contributed by atoms with Gasteiger partial charge in [-0.1, -0.05) is 6.07 Å². The highest BCUT2D eigenvalue weighted by molar-refractivity contribution is 5.79. The summed E-state index contributed by atoms with van der Waals surface area (Å²) in [4.78, 5) is 26.7. The zero-order chi connectivity index (χ0) is 18.0. The van der Waals surface area contributed by atoms with Gasteiger partial charge in [-0.2, -0.15) is 13.2 Å². The van der Waals surface area contributed by atoms with E-state index in [0.29, 0.717) is 0 Å². The van der Waals surface area contributed by atoms with E-state index < -0.39 is 50.3 Å². The van der Waals surface area contributed by atoms with Crippen molar-refractivity contribution in [3.8, 4) is 0 Å². The van der Waals surface area contributed by atoms with Crippen LogP contribution in [-0.2, 0) is 20.9 Å². The molecule has 0 saturated heterocycles. The molecule has 0 radical (unpaired) electrons. The molecule has 0 fully saturated rings. The van der Waals surface area contributed by atoms with Gasteiger partial charge in [-0.05, 0) is 18.1 Å². The van der Waals surface area contributed by atoms with E-state index in [-0.39, 0.29) is 6.54 Å². The molecule has 0 aromatic carbocycles. The topological polar surface area (TPSA) is 101 Å². The Hall–Kier alpha value is -2.20. The Balaban J connectivity index is 2.25. The van der Waals surface area contributed by atoms with E-state index in [9.17, 15) is 22.8 Å². The number of pyridine rings is 1. The Morgan fingerprint density at radius 1 is 1.29 bits per heavy atom. The standard InChI is InChI=1S/C14H18F3N3O4/c15-14(16,17)11(3-5-21)20-13(23)9-24-8-12(22)19-7-10-2-1-4-18-6-10/h1-2,4,6,11,21H,3,5,7-9H2,(H,19,22)(H,20,23). The Labute approximate surface area is 136 Å². The smallest absolute Gasteiger partial charge is 0.396 e. The van der Waals surface area contributed by atoms with Crippen LogP contribution in [0, 0.1) is 0 Å². The van der Waals surface area contributed by atoms with Crippen molar-refractivity contribution in [2.24, 2.45) is 0 Å². The van der Waals surface area contributed by atoms with Crippen molar-refractivity contribution in [1.82, 2.24) is 15.6 Å². The summed E-state index contributed by atoms with van der Waals surface area (Å²) in [6.45, 7) is -1.67. The molecular formula is C14H18F3N3O4. The van der Waals surface area contributed by atoms with Gasteiger partial charge in [-0.25, -0.2) is 0 Å². The molecule has 0 aliphatic carbocycles. The molecule has 24 heavy (non-hydrogen) atoms. The fourth-order valence-electron chi connectivity index (χ4n) is 1.67. The Morgan fingerprint density at radius 3 is 2.58 bits per heavy atom. The van der Waals surface area contributed by atoms with Crippen molar-refractivity contribution in [3.63, 3.8) is 0 Å². The van der Waals surface area contributed by atoms with E-state index in [0.717, 1.165) is 5.56 Å². The Morgan fingerprint density at radius 2 is 2.00 bits per heavy atom. The maximum atomic E-state index is 12.5. The van der Waals surface area contributed by atoms with Crippen LogP contribution >= 0.6 is 0 Å². The highest BCUT2D eigenvalue weighted by atomic mass is 19.4. The zero-order valence-electron chi connectivity index (χ0n) is 12.7. The van der Waals surface area contributed by atoms with Gasteiger partial charge >= 0.3 is 6.18 Å². The number of carbonyl (C=O) groups excluding carboxylic acids is 2. The molecule has 1 unspecified atom stereocenters. The number of hydrogen-bond donors (Lipinski definition) is 3. The minimum Gasteiger partial charge on any atom is -0.396 e. The van der Waals surface area contributed by atoms with Crippen LogP contribution in [0.2, 0.25) is 0 Å². The summed E-state index contributed by atoms with van der Waals surface area (Å²) >= 11 is 0. The summed E-state index contributed by atoms with van der Waals surface area (Å²) < 4.78 is 42.4. The number of aromatic nitrogens is 1. The maximum absolute atomic E-state index is 12.5. The number of aliphatic hydroxyl groups excluding tert-OH is 1. The molecule has 0 aliphatic rings. The van der Waals surface area contributed by atoms with Crippen molar-refractivity contribution in [1.29, 1.82) is 0 Å². The lowest BCUT2D eigenvalue weighted by Gasteiger charge is -2.20. The second kappa shape index (κ2) is 9.83. The summed E-state index contributed by atoms with van der Waals surface area (Å²) in [6.07, 6.45) is -2.18. The number of hydrogen-bond acceptors (Lipinski definition) is 5. The number of alkyl halides is 3. The molecule has 134 valence electrons. The average Bonchev–Trinajstić information content (AvgIpc) is 2.52. The van der Waals surface area contributed by atoms with Gasteiger partial charge in [0.2, 0.25) is 11.8 Å². The van der Waals surface area contributed by atoms with E-state index in [1.165, 1.54) is 0 Å². The summed E-state index contributed by atoms with van der Waals surface area (Å²) in [6, 6.07) is 1.30. The number of ether oxygens (including phenoxy) is 1. The highest BCUT2D eigenvalue weighted by Gasteiger charge is 2.40. The first-order chi connectivity index (χ1) is 11.3. The number of carbonyl (C=O) groups is 2. The summed E-state index contributed by atoms with van der Waals surface area (Å²) in [5, 5.41) is 12.8. The summed E-state index contributed by atoms with van der Waals surface area (Å²) in [5.74, 6) is -1.54. The van der Waals surface area contributed by atoms with Gasteiger partial charge in [0, 0.05) is 25.5 Å². The maximum Gasteiger partial charge on any atom is 0.408 e. The number of nitrogens with zero attached hydrogens (tertiary/aromatic N) is 1. The van der Waals surface area contributed by atoms with Crippen LogP contribution in [0.3, 0.4) is 0 Å². The van der Waals surface area contributed by atoms with Crippen LogP contribution in [-0.4, -0.2) is 53.9 Å². The predicted octanol–water partition coefficient (Wildman–Crippen LogP) is 0.144. The van der Waals surface area contributed by atoms with Crippen LogP contribution in [0.5, 0.6) is 0 Å². The Kier molecular flexibility index (Phi) is 8.13. The molecule has 1 aromatic heterocycles. The van der Waals surface area contributed by atoms with Crippen LogP contribution in [0.15, 0.2) is 24.5 Å². The van der Waals surface area contributed by atoms with E-state index in [1.54, 1.807) is 29.8 Å². The van der Waals surface area contributed by atoms with Gasteiger partial charge in [0.25, 0.3) is 0 Å². The monoisotopic (exact) mass is 349 g/mol. The van der Waals surface area contributed by atoms with Crippen molar-refractivity contribution < 1.29 is 32.6 Å². The molecule has 7 nitrogen and oxygen atoms in total. The molecule has 0 saturated carbocycles. The van der Waals surface area contributed by atoms with Gasteiger partial charge in [-0.3, -0.25) is 14.6 Å². The summed E-state index contributed by atoms with van der Waals surface area (Å²) in [5.41, 5.74) is 0.764. The number of nitrogens with one attached hydrogen (secondary N) is 2. The Bertz CT molecular complexity index is 526. The second-order valence-corrected chi connectivity index (χ2v) is 4.80. The zero-order valence-corrected chi connectivity index (χ0v) is 12.7.